The lowest BCUT2D eigenvalue weighted by atomic mass is 9.98. The smallest absolute Gasteiger partial charge is 0.141 e. The van der Waals surface area contributed by atoms with Crippen molar-refractivity contribution in [2.24, 2.45) is 5.92 Å². The van der Waals surface area contributed by atoms with Crippen LogP contribution in [0, 0.1) is 17.2 Å². The van der Waals surface area contributed by atoms with Gasteiger partial charge in [-0.25, -0.2) is 9.97 Å². The van der Waals surface area contributed by atoms with Gasteiger partial charge in [0.2, 0.25) is 0 Å². The molecule has 6 nitrogen and oxygen atoms in total. The van der Waals surface area contributed by atoms with Gasteiger partial charge in [-0.1, -0.05) is 0 Å². The maximum Gasteiger partial charge on any atom is 0.141 e. The molecule has 0 atom stereocenters. The van der Waals surface area contributed by atoms with E-state index in [9.17, 15) is 0 Å². The number of nitrogens with zero attached hydrogens (tertiary/aromatic N) is 4. The van der Waals surface area contributed by atoms with Crippen LogP contribution in [0.5, 0.6) is 5.75 Å². The summed E-state index contributed by atoms with van der Waals surface area (Å²) in [6.45, 7) is 3.00. The number of rotatable bonds is 3. The summed E-state index contributed by atoms with van der Waals surface area (Å²) in [6, 6.07) is 5.86. The first-order valence-electron chi connectivity index (χ1n) is 8.22. The molecule has 0 spiro atoms. The number of hydrogen-bond acceptors (Lipinski definition) is 5. The summed E-state index contributed by atoms with van der Waals surface area (Å²) in [6.07, 6.45) is 5.78. The standard InChI is InChI=1S/C18H19N5O/c1-23-4-2-12(3-5-23)11-24-14-7-16-15-6-13(8-19)20-10-17(15)22-18(16)21-9-14/h6-7,9-10,12H,2-5,11H2,1H3,(H,21,22). The molecule has 3 aromatic heterocycles. The van der Waals surface area contributed by atoms with Crippen LogP contribution in [0.4, 0.5) is 0 Å². The molecule has 0 radical (unpaired) electrons. The molecule has 24 heavy (non-hydrogen) atoms. The van der Waals surface area contributed by atoms with Gasteiger partial charge in [-0.2, -0.15) is 5.26 Å². The minimum absolute atomic E-state index is 0.404. The fourth-order valence-corrected chi connectivity index (χ4v) is 3.24. The molecule has 4 rings (SSSR count). The summed E-state index contributed by atoms with van der Waals surface area (Å²) in [5.41, 5.74) is 2.07. The van der Waals surface area contributed by atoms with Crippen LogP contribution < -0.4 is 4.74 Å². The van der Waals surface area contributed by atoms with Crippen molar-refractivity contribution in [3.63, 3.8) is 0 Å². The molecule has 0 amide bonds. The topological polar surface area (TPSA) is 77.8 Å². The van der Waals surface area contributed by atoms with E-state index in [-0.39, 0.29) is 0 Å². The first-order chi connectivity index (χ1) is 11.7. The van der Waals surface area contributed by atoms with Crippen molar-refractivity contribution in [1.82, 2.24) is 19.9 Å². The van der Waals surface area contributed by atoms with Crippen LogP contribution in [0.1, 0.15) is 18.5 Å². The Morgan fingerprint density at radius 3 is 2.88 bits per heavy atom. The van der Waals surface area contributed by atoms with Gasteiger partial charge in [0.25, 0.3) is 0 Å². The lowest BCUT2D eigenvalue weighted by molar-refractivity contribution is 0.160. The van der Waals surface area contributed by atoms with Crippen LogP contribution in [0.15, 0.2) is 24.5 Å². The van der Waals surface area contributed by atoms with Gasteiger partial charge in [0.05, 0.1) is 24.5 Å². The van der Waals surface area contributed by atoms with Crippen molar-refractivity contribution in [2.45, 2.75) is 12.8 Å². The zero-order chi connectivity index (χ0) is 16.5. The van der Waals surface area contributed by atoms with Crippen LogP contribution in [0.3, 0.4) is 0 Å². The fraction of sp³-hybridized carbons (Fsp3) is 0.389. The van der Waals surface area contributed by atoms with E-state index >= 15 is 0 Å². The Morgan fingerprint density at radius 1 is 1.25 bits per heavy atom. The third kappa shape index (κ3) is 2.79. The average Bonchev–Trinajstić information content (AvgIpc) is 2.98. The molecule has 4 heterocycles. The fourth-order valence-electron chi connectivity index (χ4n) is 3.24. The highest BCUT2D eigenvalue weighted by atomic mass is 16.5. The second-order valence-electron chi connectivity index (χ2n) is 6.48. The maximum atomic E-state index is 9.04. The minimum atomic E-state index is 0.404. The molecule has 1 saturated heterocycles. The molecule has 0 aliphatic carbocycles. The number of likely N-dealkylation sites (tertiary alicyclic amines) is 1. The Balaban J connectivity index is 1.58. The van der Waals surface area contributed by atoms with Gasteiger partial charge >= 0.3 is 0 Å². The summed E-state index contributed by atoms with van der Waals surface area (Å²) in [7, 11) is 2.16. The highest BCUT2D eigenvalue weighted by Gasteiger charge is 2.17. The minimum Gasteiger partial charge on any atom is -0.492 e. The van der Waals surface area contributed by atoms with Gasteiger partial charge in [-0.05, 0) is 51.0 Å². The quantitative estimate of drug-likeness (QED) is 0.802. The third-order valence-corrected chi connectivity index (χ3v) is 4.75. The van der Waals surface area contributed by atoms with Crippen LogP contribution in [-0.2, 0) is 0 Å². The van der Waals surface area contributed by atoms with Crippen LogP contribution >= 0.6 is 0 Å². The zero-order valence-electron chi connectivity index (χ0n) is 13.6. The highest BCUT2D eigenvalue weighted by molar-refractivity contribution is 6.06. The third-order valence-electron chi connectivity index (χ3n) is 4.75. The Morgan fingerprint density at radius 2 is 2.08 bits per heavy atom. The van der Waals surface area contributed by atoms with E-state index in [1.165, 1.54) is 12.8 Å². The van der Waals surface area contributed by atoms with Gasteiger partial charge in [0, 0.05) is 10.8 Å². The van der Waals surface area contributed by atoms with E-state index in [0.29, 0.717) is 11.6 Å². The monoisotopic (exact) mass is 321 g/mol. The molecular weight excluding hydrogens is 302 g/mol. The van der Waals surface area contributed by atoms with Crippen molar-refractivity contribution in [3.05, 3.63) is 30.2 Å². The molecule has 0 saturated carbocycles. The Labute approximate surface area is 140 Å². The lowest BCUT2D eigenvalue weighted by Crippen LogP contribution is -2.32. The summed E-state index contributed by atoms with van der Waals surface area (Å²) in [5, 5.41) is 11.0. The number of hydrogen-bond donors (Lipinski definition) is 1. The van der Waals surface area contributed by atoms with Crippen molar-refractivity contribution in [2.75, 3.05) is 26.7 Å². The normalized spacial score (nSPS) is 16.5. The van der Waals surface area contributed by atoms with E-state index in [0.717, 1.165) is 47.4 Å². The van der Waals surface area contributed by atoms with Crippen molar-refractivity contribution in [1.29, 1.82) is 5.26 Å². The predicted octanol–water partition coefficient (Wildman–Crippen LogP) is 2.70. The van der Waals surface area contributed by atoms with E-state index < -0.39 is 0 Å². The van der Waals surface area contributed by atoms with Gasteiger partial charge in [0.1, 0.15) is 23.2 Å². The van der Waals surface area contributed by atoms with E-state index in [2.05, 4.69) is 33.0 Å². The summed E-state index contributed by atoms with van der Waals surface area (Å²) in [4.78, 5) is 14.1. The van der Waals surface area contributed by atoms with Gasteiger partial charge in [-0.15, -0.1) is 0 Å². The van der Waals surface area contributed by atoms with Crippen molar-refractivity contribution < 1.29 is 4.74 Å². The SMILES string of the molecule is CN1CCC(COc2cnc3[nH]c4cnc(C#N)cc4c3c2)CC1. The Kier molecular flexibility index (Phi) is 3.79. The molecule has 0 bridgehead atoms. The molecule has 0 aromatic carbocycles. The molecule has 1 aliphatic heterocycles. The van der Waals surface area contributed by atoms with Crippen molar-refractivity contribution >= 4 is 21.9 Å². The molecule has 0 unspecified atom stereocenters. The van der Waals surface area contributed by atoms with E-state index in [1.54, 1.807) is 18.5 Å². The van der Waals surface area contributed by atoms with Crippen LogP contribution in [0.25, 0.3) is 21.9 Å². The molecule has 122 valence electrons. The number of aromatic nitrogens is 3. The number of nitriles is 1. The highest BCUT2D eigenvalue weighted by Crippen LogP contribution is 2.27. The summed E-state index contributed by atoms with van der Waals surface area (Å²) >= 11 is 0. The Hall–Kier alpha value is -2.65. The first-order valence-corrected chi connectivity index (χ1v) is 8.22. The van der Waals surface area contributed by atoms with Crippen LogP contribution in [0.2, 0.25) is 0 Å². The van der Waals surface area contributed by atoms with Gasteiger partial charge in [-0.3, -0.25) is 0 Å². The van der Waals surface area contributed by atoms with E-state index in [1.807, 2.05) is 6.07 Å². The van der Waals surface area contributed by atoms with Gasteiger partial charge < -0.3 is 14.6 Å². The Bertz CT molecular complexity index is 918. The number of H-pyrrole nitrogens is 1. The first kappa shape index (κ1) is 14.9. The molecule has 1 aliphatic rings. The zero-order valence-corrected chi connectivity index (χ0v) is 13.6. The molecular formula is C18H19N5O. The number of piperidine rings is 1. The molecule has 1 fully saturated rings. The lowest BCUT2D eigenvalue weighted by Gasteiger charge is -2.28. The number of pyridine rings is 2. The number of fused-ring (bicyclic) bond motifs is 3. The largest absolute Gasteiger partial charge is 0.492 e. The molecule has 1 N–H and O–H groups in total. The van der Waals surface area contributed by atoms with Crippen molar-refractivity contribution in [3.8, 4) is 11.8 Å². The second kappa shape index (κ2) is 6.10. The van der Waals surface area contributed by atoms with Crippen LogP contribution in [-0.4, -0.2) is 46.6 Å². The molecule has 3 aromatic rings. The number of ether oxygens (including phenoxy) is 1. The average molecular weight is 321 g/mol. The summed E-state index contributed by atoms with van der Waals surface area (Å²) < 4.78 is 5.99. The van der Waals surface area contributed by atoms with E-state index in [4.69, 9.17) is 10.00 Å². The maximum absolute atomic E-state index is 9.04. The number of aromatic amines is 1. The molecule has 6 heteroatoms. The van der Waals surface area contributed by atoms with Gasteiger partial charge in [0.15, 0.2) is 0 Å². The second-order valence-corrected chi connectivity index (χ2v) is 6.48. The predicted molar refractivity (Wildman–Crippen MR) is 91.8 cm³/mol. The summed E-state index contributed by atoms with van der Waals surface area (Å²) in [5.74, 6) is 1.38. The number of nitrogens with one attached hydrogen (secondary N) is 1.